The molecule has 1 saturated heterocycles. The van der Waals surface area contributed by atoms with Gasteiger partial charge in [0.1, 0.15) is 16.3 Å². The highest BCUT2D eigenvalue weighted by atomic mass is 32.1. The highest BCUT2D eigenvalue weighted by Gasteiger charge is 2.33. The first-order chi connectivity index (χ1) is 18.6. The summed E-state index contributed by atoms with van der Waals surface area (Å²) in [7, 11) is 1.62. The molecule has 1 fully saturated rings. The molecule has 5 rings (SSSR count). The Kier molecular flexibility index (Phi) is 7.26. The molecule has 1 unspecified atom stereocenters. The summed E-state index contributed by atoms with van der Waals surface area (Å²) in [5, 5.41) is 5.65. The standard InChI is InChI=1S/C28H27F3N4O3S/c1-18-16-33(11-12-34(18)27(37)32-22-8-6-21(7-9-22)28(29,30)31)25(36)24-15-20-10-13-39-26(20)35(24)17-19-4-3-5-23(14-19)38-2/h3-10,13-15,18H,11-12,16-17H2,1-2H3,(H,32,37). The zero-order valence-electron chi connectivity index (χ0n) is 21.4. The van der Waals surface area contributed by atoms with Crippen LogP contribution in [-0.4, -0.2) is 59.1 Å². The van der Waals surface area contributed by atoms with Crippen molar-refractivity contribution in [2.24, 2.45) is 0 Å². The first-order valence-corrected chi connectivity index (χ1v) is 13.3. The molecule has 1 aliphatic heterocycles. The van der Waals surface area contributed by atoms with Crippen molar-refractivity contribution in [3.05, 3.63) is 82.9 Å². The van der Waals surface area contributed by atoms with Crippen LogP contribution >= 0.6 is 11.3 Å². The average molecular weight is 557 g/mol. The van der Waals surface area contributed by atoms with Gasteiger partial charge in [-0.25, -0.2) is 4.79 Å². The molecular weight excluding hydrogens is 529 g/mol. The van der Waals surface area contributed by atoms with E-state index in [4.69, 9.17) is 4.74 Å². The number of nitrogens with zero attached hydrogens (tertiary/aromatic N) is 3. The number of carbonyl (C=O) groups is 2. The van der Waals surface area contributed by atoms with Crippen LogP contribution in [-0.2, 0) is 12.7 Å². The normalized spacial score (nSPS) is 16.0. The predicted octanol–water partition coefficient (Wildman–Crippen LogP) is 6.16. The second-order valence-corrected chi connectivity index (χ2v) is 10.3. The lowest BCUT2D eigenvalue weighted by molar-refractivity contribution is -0.137. The fourth-order valence-electron chi connectivity index (χ4n) is 4.81. The number of piperazine rings is 1. The number of fused-ring (bicyclic) bond motifs is 1. The number of halogens is 3. The van der Waals surface area contributed by atoms with Gasteiger partial charge in [-0.15, -0.1) is 11.3 Å². The number of thiophene rings is 1. The minimum Gasteiger partial charge on any atom is -0.497 e. The number of aromatic nitrogens is 1. The Labute approximate surface area is 227 Å². The lowest BCUT2D eigenvalue weighted by atomic mass is 10.1. The van der Waals surface area contributed by atoms with Crippen LogP contribution in [0.25, 0.3) is 10.2 Å². The summed E-state index contributed by atoms with van der Waals surface area (Å²) in [5.41, 5.74) is 1.08. The van der Waals surface area contributed by atoms with E-state index in [-0.39, 0.29) is 17.6 Å². The molecule has 0 aliphatic carbocycles. The molecule has 4 aromatic rings. The second kappa shape index (κ2) is 10.6. The summed E-state index contributed by atoms with van der Waals surface area (Å²) in [5.74, 6) is 0.630. The van der Waals surface area contributed by atoms with E-state index in [0.717, 1.165) is 33.7 Å². The van der Waals surface area contributed by atoms with Crippen molar-refractivity contribution in [1.82, 2.24) is 14.4 Å². The van der Waals surface area contributed by atoms with E-state index in [1.54, 1.807) is 28.2 Å². The third kappa shape index (κ3) is 5.58. The van der Waals surface area contributed by atoms with Crippen LogP contribution in [0.4, 0.5) is 23.7 Å². The average Bonchev–Trinajstić information content (AvgIpc) is 3.50. The fraction of sp³-hybridized carbons (Fsp3) is 0.286. The molecule has 1 N–H and O–H groups in total. The number of amides is 3. The van der Waals surface area contributed by atoms with E-state index in [1.807, 2.05) is 53.3 Å². The highest BCUT2D eigenvalue weighted by Crippen LogP contribution is 2.31. The third-order valence-electron chi connectivity index (χ3n) is 6.84. The number of hydrogen-bond acceptors (Lipinski definition) is 4. The Balaban J connectivity index is 1.28. The molecule has 2 aromatic heterocycles. The number of urea groups is 1. The molecule has 1 aliphatic rings. The highest BCUT2D eigenvalue weighted by molar-refractivity contribution is 7.16. The number of rotatable bonds is 5. The quantitative estimate of drug-likeness (QED) is 0.320. The van der Waals surface area contributed by atoms with Crippen molar-refractivity contribution >= 4 is 39.2 Å². The SMILES string of the molecule is COc1cccc(Cn2c(C(=O)N3CCN(C(=O)Nc4ccc(C(F)(F)F)cc4)C(C)C3)cc3ccsc32)c1. The van der Waals surface area contributed by atoms with Crippen molar-refractivity contribution in [3.8, 4) is 5.75 Å². The number of hydrogen-bond donors (Lipinski definition) is 1. The van der Waals surface area contributed by atoms with Crippen LogP contribution in [0.5, 0.6) is 5.75 Å². The lowest BCUT2D eigenvalue weighted by Gasteiger charge is -2.39. The Morgan fingerprint density at radius 3 is 2.54 bits per heavy atom. The van der Waals surface area contributed by atoms with Gasteiger partial charge in [0.05, 0.1) is 12.7 Å². The maximum Gasteiger partial charge on any atom is 0.416 e. The summed E-state index contributed by atoms with van der Waals surface area (Å²) < 4.78 is 45.8. The van der Waals surface area contributed by atoms with Gasteiger partial charge >= 0.3 is 12.2 Å². The van der Waals surface area contributed by atoms with Gasteiger partial charge in [-0.1, -0.05) is 12.1 Å². The maximum absolute atomic E-state index is 13.7. The molecule has 11 heteroatoms. The van der Waals surface area contributed by atoms with Crippen molar-refractivity contribution < 1.29 is 27.5 Å². The van der Waals surface area contributed by atoms with E-state index in [9.17, 15) is 22.8 Å². The van der Waals surface area contributed by atoms with Gasteiger partial charge < -0.3 is 24.4 Å². The van der Waals surface area contributed by atoms with Crippen molar-refractivity contribution in [1.29, 1.82) is 0 Å². The van der Waals surface area contributed by atoms with Gasteiger partial charge in [-0.3, -0.25) is 4.79 Å². The van der Waals surface area contributed by atoms with E-state index in [1.165, 1.54) is 12.1 Å². The van der Waals surface area contributed by atoms with Crippen molar-refractivity contribution in [3.63, 3.8) is 0 Å². The van der Waals surface area contributed by atoms with Gasteiger partial charge in [-0.2, -0.15) is 13.2 Å². The van der Waals surface area contributed by atoms with Crippen LogP contribution in [0.2, 0.25) is 0 Å². The van der Waals surface area contributed by atoms with E-state index >= 15 is 0 Å². The first-order valence-electron chi connectivity index (χ1n) is 12.4. The molecule has 1 atom stereocenters. The molecule has 3 heterocycles. The molecule has 0 bridgehead atoms. The largest absolute Gasteiger partial charge is 0.497 e. The molecule has 2 aromatic carbocycles. The first kappa shape index (κ1) is 26.6. The van der Waals surface area contributed by atoms with Gasteiger partial charge in [0.25, 0.3) is 5.91 Å². The molecular formula is C28H27F3N4O3S. The van der Waals surface area contributed by atoms with Crippen molar-refractivity contribution in [2.45, 2.75) is 25.7 Å². The van der Waals surface area contributed by atoms with E-state index in [0.29, 0.717) is 31.9 Å². The van der Waals surface area contributed by atoms with Crippen LogP contribution in [0.1, 0.15) is 28.5 Å². The second-order valence-electron chi connectivity index (χ2n) is 9.45. The van der Waals surface area contributed by atoms with E-state index in [2.05, 4.69) is 5.32 Å². The third-order valence-corrected chi connectivity index (χ3v) is 7.79. The topological polar surface area (TPSA) is 66.8 Å². The zero-order chi connectivity index (χ0) is 27.7. The fourth-order valence-corrected chi connectivity index (χ4v) is 5.70. The summed E-state index contributed by atoms with van der Waals surface area (Å²) >= 11 is 1.57. The summed E-state index contributed by atoms with van der Waals surface area (Å²) in [6, 6.07) is 15.2. The molecule has 0 radical (unpaired) electrons. The Hall–Kier alpha value is -3.99. The minimum atomic E-state index is -4.44. The number of benzene rings is 2. The van der Waals surface area contributed by atoms with Gasteiger partial charge in [0.2, 0.25) is 0 Å². The lowest BCUT2D eigenvalue weighted by Crippen LogP contribution is -2.56. The number of ether oxygens (including phenoxy) is 1. The molecule has 7 nitrogen and oxygen atoms in total. The van der Waals surface area contributed by atoms with Crippen LogP contribution in [0.15, 0.2) is 66.0 Å². The molecule has 204 valence electrons. The number of anilines is 1. The number of nitrogens with one attached hydrogen (secondary N) is 1. The summed E-state index contributed by atoms with van der Waals surface area (Å²) in [6.45, 7) is 3.32. The van der Waals surface area contributed by atoms with Crippen LogP contribution < -0.4 is 10.1 Å². The predicted molar refractivity (Wildman–Crippen MR) is 144 cm³/mol. The number of methoxy groups -OCH3 is 1. The smallest absolute Gasteiger partial charge is 0.416 e. The Morgan fingerprint density at radius 1 is 1.08 bits per heavy atom. The van der Waals surface area contributed by atoms with Gasteiger partial charge in [0, 0.05) is 43.3 Å². The Bertz CT molecular complexity index is 1500. The van der Waals surface area contributed by atoms with Crippen LogP contribution in [0, 0.1) is 0 Å². The van der Waals surface area contributed by atoms with Crippen molar-refractivity contribution in [2.75, 3.05) is 32.1 Å². The number of carbonyl (C=O) groups excluding carboxylic acids is 2. The Morgan fingerprint density at radius 2 is 1.85 bits per heavy atom. The zero-order valence-corrected chi connectivity index (χ0v) is 22.2. The monoisotopic (exact) mass is 556 g/mol. The van der Waals surface area contributed by atoms with Gasteiger partial charge in [-0.05, 0) is 66.4 Å². The maximum atomic E-state index is 13.7. The van der Waals surface area contributed by atoms with Crippen LogP contribution in [0.3, 0.4) is 0 Å². The molecule has 0 spiro atoms. The summed E-state index contributed by atoms with van der Waals surface area (Å²) in [4.78, 5) is 30.9. The van der Waals surface area contributed by atoms with Gasteiger partial charge in [0.15, 0.2) is 0 Å². The summed E-state index contributed by atoms with van der Waals surface area (Å²) in [6.07, 6.45) is -4.44. The minimum absolute atomic E-state index is 0.115. The molecule has 39 heavy (non-hydrogen) atoms. The number of alkyl halides is 3. The van der Waals surface area contributed by atoms with E-state index < -0.39 is 17.8 Å². The molecule has 3 amide bonds. The molecule has 0 saturated carbocycles.